The number of rotatable bonds is 5. The number of carbonyl (C=O) groups is 1. The quantitative estimate of drug-likeness (QED) is 0.838. The van der Waals surface area contributed by atoms with E-state index in [1.165, 1.54) is 0 Å². The average molecular weight is 296 g/mol. The Labute approximate surface area is 117 Å². The van der Waals surface area contributed by atoms with Crippen molar-refractivity contribution in [2.24, 2.45) is 0 Å². The Balaban J connectivity index is 2.76. The van der Waals surface area contributed by atoms with Crippen LogP contribution in [0.25, 0.3) is 0 Å². The van der Waals surface area contributed by atoms with Crippen molar-refractivity contribution in [3.05, 3.63) is 0 Å². The molecule has 0 aliphatic carbocycles. The summed E-state index contributed by atoms with van der Waals surface area (Å²) in [5.74, 6) is -0.486. The summed E-state index contributed by atoms with van der Waals surface area (Å²) in [6.45, 7) is 4.81. The first kappa shape index (κ1) is 17.2. The summed E-state index contributed by atoms with van der Waals surface area (Å²) in [5, 5.41) is 9.84. The summed E-state index contributed by atoms with van der Waals surface area (Å²) < 4.78 is 37.3. The number of likely N-dealkylation sites (tertiary alicyclic amines) is 1. The number of piperidine rings is 1. The van der Waals surface area contributed by atoms with E-state index in [1.54, 1.807) is 18.7 Å². The van der Waals surface area contributed by atoms with Crippen LogP contribution in [-0.4, -0.2) is 64.8 Å². The lowest BCUT2D eigenvalue weighted by molar-refractivity contribution is -0.168. The molecule has 1 saturated heterocycles. The van der Waals surface area contributed by atoms with E-state index in [9.17, 15) is 23.1 Å². The molecule has 1 atom stereocenters. The molecule has 20 heavy (non-hydrogen) atoms. The van der Waals surface area contributed by atoms with Crippen LogP contribution in [0.1, 0.15) is 33.6 Å². The highest BCUT2D eigenvalue weighted by Gasteiger charge is 2.39. The first-order chi connectivity index (χ1) is 9.03. The molecule has 118 valence electrons. The highest BCUT2D eigenvalue weighted by Crippen LogP contribution is 2.23. The number of hydrogen-bond donors (Lipinski definition) is 1. The van der Waals surface area contributed by atoms with Gasteiger partial charge in [0, 0.05) is 13.1 Å². The molecule has 4 nitrogen and oxygen atoms in total. The minimum Gasteiger partial charge on any atom is -0.389 e. The molecular formula is C13H23F3N2O2. The molecule has 1 N–H and O–H groups in total. The minimum absolute atomic E-state index is 0.148. The van der Waals surface area contributed by atoms with Gasteiger partial charge in [-0.3, -0.25) is 9.69 Å². The van der Waals surface area contributed by atoms with Crippen molar-refractivity contribution >= 4 is 5.91 Å². The zero-order valence-electron chi connectivity index (χ0n) is 12.2. The van der Waals surface area contributed by atoms with Gasteiger partial charge in [0.15, 0.2) is 0 Å². The van der Waals surface area contributed by atoms with Crippen molar-refractivity contribution in [1.82, 2.24) is 9.80 Å². The molecule has 1 aliphatic heterocycles. The summed E-state index contributed by atoms with van der Waals surface area (Å²) in [5.41, 5.74) is -0.984. The molecule has 0 aromatic rings. The van der Waals surface area contributed by atoms with Crippen molar-refractivity contribution in [1.29, 1.82) is 0 Å². The second-order valence-electron chi connectivity index (χ2n) is 5.91. The molecule has 1 aliphatic rings. The van der Waals surface area contributed by atoms with Gasteiger partial charge in [-0.05, 0) is 33.2 Å². The maximum Gasteiger partial charge on any atom is 0.406 e. The Bertz CT molecular complexity index is 339. The molecule has 0 aromatic carbocycles. The Hall–Kier alpha value is -0.820. The Kier molecular flexibility index (Phi) is 5.43. The van der Waals surface area contributed by atoms with Gasteiger partial charge in [-0.25, -0.2) is 0 Å². The number of likely N-dealkylation sites (N-methyl/N-ethyl adjacent to an activating group) is 1. The second-order valence-corrected chi connectivity index (χ2v) is 5.91. The van der Waals surface area contributed by atoms with Crippen molar-refractivity contribution in [3.8, 4) is 0 Å². The summed E-state index contributed by atoms with van der Waals surface area (Å²) in [4.78, 5) is 14.8. The van der Waals surface area contributed by atoms with Crippen LogP contribution in [0.5, 0.6) is 0 Å². The largest absolute Gasteiger partial charge is 0.406 e. The zero-order chi connectivity index (χ0) is 15.6. The molecule has 1 unspecified atom stereocenters. The molecule has 1 rings (SSSR count). The summed E-state index contributed by atoms with van der Waals surface area (Å²) >= 11 is 0. The Morgan fingerprint density at radius 3 is 2.45 bits per heavy atom. The van der Waals surface area contributed by atoms with Crippen LogP contribution < -0.4 is 0 Å². The van der Waals surface area contributed by atoms with Crippen LogP contribution >= 0.6 is 0 Å². The monoisotopic (exact) mass is 296 g/mol. The highest BCUT2D eigenvalue weighted by molar-refractivity contribution is 5.82. The number of carbonyl (C=O) groups excluding carboxylic acids is 1. The number of hydrogen-bond acceptors (Lipinski definition) is 3. The topological polar surface area (TPSA) is 43.8 Å². The van der Waals surface area contributed by atoms with Crippen molar-refractivity contribution < 1.29 is 23.1 Å². The minimum atomic E-state index is -4.37. The third-order valence-corrected chi connectivity index (χ3v) is 3.31. The first-order valence-electron chi connectivity index (χ1n) is 6.85. The zero-order valence-corrected chi connectivity index (χ0v) is 12.2. The SMILES string of the molecule is CCN(CC(C)(C)O)C1CCCN(CC(F)(F)F)C1=O. The molecular weight excluding hydrogens is 273 g/mol. The van der Waals surface area contributed by atoms with Gasteiger partial charge in [-0.1, -0.05) is 6.92 Å². The van der Waals surface area contributed by atoms with Gasteiger partial charge in [0.05, 0.1) is 11.6 Å². The van der Waals surface area contributed by atoms with Gasteiger partial charge < -0.3 is 10.0 Å². The summed E-state index contributed by atoms with van der Waals surface area (Å²) in [6.07, 6.45) is -3.28. The molecule has 0 aromatic heterocycles. The third-order valence-electron chi connectivity index (χ3n) is 3.31. The Morgan fingerprint density at radius 2 is 2.00 bits per heavy atom. The number of halogens is 3. The van der Waals surface area contributed by atoms with E-state index in [2.05, 4.69) is 0 Å². The maximum atomic E-state index is 12.4. The molecule has 1 amide bonds. The van der Waals surface area contributed by atoms with E-state index in [4.69, 9.17) is 0 Å². The fraction of sp³-hybridized carbons (Fsp3) is 0.923. The van der Waals surface area contributed by atoms with Crippen LogP contribution in [0.3, 0.4) is 0 Å². The number of nitrogens with zero attached hydrogens (tertiary/aromatic N) is 2. The normalized spacial score (nSPS) is 21.7. The van der Waals surface area contributed by atoms with E-state index < -0.39 is 30.3 Å². The van der Waals surface area contributed by atoms with E-state index in [1.807, 2.05) is 6.92 Å². The molecule has 1 heterocycles. The first-order valence-corrected chi connectivity index (χ1v) is 6.85. The smallest absolute Gasteiger partial charge is 0.389 e. The van der Waals surface area contributed by atoms with Crippen LogP contribution in [0.15, 0.2) is 0 Å². The lowest BCUT2D eigenvalue weighted by Gasteiger charge is -2.40. The maximum absolute atomic E-state index is 12.4. The second kappa shape index (κ2) is 6.30. The van der Waals surface area contributed by atoms with Gasteiger partial charge in [-0.15, -0.1) is 0 Å². The lowest BCUT2D eigenvalue weighted by Crippen LogP contribution is -2.56. The standard InChI is InChI=1S/C13H23F3N2O2/c1-4-17(8-12(2,3)20)10-6-5-7-18(11(10)19)9-13(14,15)16/h10,20H,4-9H2,1-3H3. The average Bonchev–Trinajstić information content (AvgIpc) is 2.26. The predicted molar refractivity (Wildman–Crippen MR) is 69.2 cm³/mol. The highest BCUT2D eigenvalue weighted by atomic mass is 19.4. The Morgan fingerprint density at radius 1 is 1.40 bits per heavy atom. The van der Waals surface area contributed by atoms with Gasteiger partial charge >= 0.3 is 6.18 Å². The van der Waals surface area contributed by atoms with Crippen molar-refractivity contribution in [2.75, 3.05) is 26.2 Å². The van der Waals surface area contributed by atoms with Gasteiger partial charge in [0.25, 0.3) is 0 Å². The molecule has 1 fully saturated rings. The van der Waals surface area contributed by atoms with E-state index >= 15 is 0 Å². The van der Waals surface area contributed by atoms with Crippen LogP contribution in [-0.2, 0) is 4.79 Å². The van der Waals surface area contributed by atoms with E-state index in [0.29, 0.717) is 19.4 Å². The van der Waals surface area contributed by atoms with E-state index in [0.717, 1.165) is 4.90 Å². The summed E-state index contributed by atoms with van der Waals surface area (Å²) in [7, 11) is 0. The number of alkyl halides is 3. The molecule has 0 radical (unpaired) electrons. The van der Waals surface area contributed by atoms with Gasteiger partial charge in [0.1, 0.15) is 6.54 Å². The predicted octanol–water partition coefficient (Wildman–Crippen LogP) is 1.63. The van der Waals surface area contributed by atoms with Gasteiger partial charge in [-0.2, -0.15) is 13.2 Å². The molecule has 0 saturated carbocycles. The van der Waals surface area contributed by atoms with Crippen molar-refractivity contribution in [2.45, 2.75) is 51.4 Å². The molecule has 0 spiro atoms. The van der Waals surface area contributed by atoms with Crippen LogP contribution in [0, 0.1) is 0 Å². The van der Waals surface area contributed by atoms with E-state index in [-0.39, 0.29) is 13.1 Å². The lowest BCUT2D eigenvalue weighted by atomic mass is 10.0. The number of aliphatic hydroxyl groups is 1. The summed E-state index contributed by atoms with van der Waals surface area (Å²) in [6, 6.07) is -0.567. The molecule has 7 heteroatoms. The van der Waals surface area contributed by atoms with Gasteiger partial charge in [0.2, 0.25) is 5.91 Å². The number of amides is 1. The third kappa shape index (κ3) is 5.28. The fourth-order valence-corrected chi connectivity index (χ4v) is 2.57. The van der Waals surface area contributed by atoms with Crippen molar-refractivity contribution in [3.63, 3.8) is 0 Å². The molecule has 0 bridgehead atoms. The van der Waals surface area contributed by atoms with Crippen LogP contribution in [0.4, 0.5) is 13.2 Å². The van der Waals surface area contributed by atoms with Crippen LogP contribution in [0.2, 0.25) is 0 Å². The fourth-order valence-electron chi connectivity index (χ4n) is 2.57.